The van der Waals surface area contributed by atoms with E-state index in [4.69, 9.17) is 9.84 Å². The highest BCUT2D eigenvalue weighted by Crippen LogP contribution is 2.37. The van der Waals surface area contributed by atoms with Crippen molar-refractivity contribution >= 4 is 23.2 Å². The number of aliphatic hydroxyl groups is 1. The molecule has 1 aliphatic heterocycles. The molecule has 1 amide bonds. The van der Waals surface area contributed by atoms with Crippen LogP contribution in [-0.4, -0.2) is 44.4 Å². The van der Waals surface area contributed by atoms with Crippen LogP contribution < -0.4 is 15.4 Å². The quantitative estimate of drug-likeness (QED) is 0.341. The van der Waals surface area contributed by atoms with Gasteiger partial charge < -0.3 is 20.5 Å². The van der Waals surface area contributed by atoms with Crippen LogP contribution in [-0.2, 0) is 11.2 Å². The number of carbonyl (C=O) groups is 1. The van der Waals surface area contributed by atoms with Crippen LogP contribution in [0.15, 0.2) is 59.8 Å². The number of non-ortho nitro benzene ring substituents is 1. The minimum absolute atomic E-state index is 0.00687. The Morgan fingerprint density at radius 2 is 2.00 bits per heavy atom. The third-order valence-electron chi connectivity index (χ3n) is 5.47. The predicted molar refractivity (Wildman–Crippen MR) is 125 cm³/mol. The second-order valence-corrected chi connectivity index (χ2v) is 7.69. The number of nitrogens with one attached hydrogen (secondary N) is 2. The average Bonchev–Trinajstić information content (AvgIpc) is 3.24. The average molecular weight is 464 g/mol. The van der Waals surface area contributed by atoms with Gasteiger partial charge in [-0.15, -0.1) is 0 Å². The van der Waals surface area contributed by atoms with Gasteiger partial charge in [-0.2, -0.15) is 10.1 Å². The van der Waals surface area contributed by atoms with E-state index in [9.17, 15) is 14.9 Å². The van der Waals surface area contributed by atoms with Crippen molar-refractivity contribution < 1.29 is 19.6 Å². The van der Waals surface area contributed by atoms with Gasteiger partial charge in [0.2, 0.25) is 5.95 Å². The minimum atomic E-state index is -0.679. The summed E-state index contributed by atoms with van der Waals surface area (Å²) >= 11 is 0. The Kier molecular flexibility index (Phi) is 6.55. The van der Waals surface area contributed by atoms with Crippen molar-refractivity contribution in [2.75, 3.05) is 24.4 Å². The van der Waals surface area contributed by atoms with E-state index in [1.54, 1.807) is 48.0 Å². The SMILES string of the molecule is COc1ccccc1NC(=O)C1=C(C)Nc2nc(CCCO)nn2C1c1ccc([N+](=O)[O-])cc1. The van der Waals surface area contributed by atoms with Gasteiger partial charge in [-0.05, 0) is 43.2 Å². The summed E-state index contributed by atoms with van der Waals surface area (Å²) in [6.45, 7) is 1.77. The van der Waals surface area contributed by atoms with Gasteiger partial charge in [0.1, 0.15) is 11.8 Å². The number of nitrogens with zero attached hydrogens (tertiary/aromatic N) is 4. The van der Waals surface area contributed by atoms with E-state index in [0.29, 0.717) is 52.9 Å². The minimum Gasteiger partial charge on any atom is -0.495 e. The Hall–Kier alpha value is -4.25. The van der Waals surface area contributed by atoms with Crippen molar-refractivity contribution in [3.63, 3.8) is 0 Å². The predicted octanol–water partition coefficient (Wildman–Crippen LogP) is 3.05. The van der Waals surface area contributed by atoms with E-state index >= 15 is 0 Å². The standard InChI is InChI=1S/C23H24N6O5/c1-14-20(22(31)25-17-6-3-4-7-18(17)34-2)21(15-9-11-16(12-10-15)29(32)33)28-23(24-14)26-19(27-28)8-5-13-30/h3-4,6-7,9-12,21,30H,5,8,13H2,1-2H3,(H,25,31)(H,24,26,27). The third kappa shape index (κ3) is 4.46. The van der Waals surface area contributed by atoms with Crippen LogP contribution in [0.4, 0.5) is 17.3 Å². The van der Waals surface area contributed by atoms with Gasteiger partial charge in [0, 0.05) is 30.9 Å². The number of allylic oxidation sites excluding steroid dienone is 1. The molecule has 11 nitrogen and oxygen atoms in total. The summed E-state index contributed by atoms with van der Waals surface area (Å²) in [4.78, 5) is 28.7. The number of nitro groups is 1. The van der Waals surface area contributed by atoms with Crippen molar-refractivity contribution in [2.45, 2.75) is 25.8 Å². The number of rotatable bonds is 8. The molecule has 1 aromatic heterocycles. The van der Waals surface area contributed by atoms with Gasteiger partial charge in [-0.3, -0.25) is 14.9 Å². The van der Waals surface area contributed by atoms with Crippen LogP contribution in [0.25, 0.3) is 0 Å². The molecule has 0 saturated heterocycles. The molecule has 4 rings (SSSR count). The molecule has 34 heavy (non-hydrogen) atoms. The first kappa shape index (κ1) is 22.9. The lowest BCUT2D eigenvalue weighted by molar-refractivity contribution is -0.384. The molecule has 3 N–H and O–H groups in total. The Labute approximate surface area is 195 Å². The number of aromatic nitrogens is 3. The zero-order valence-corrected chi connectivity index (χ0v) is 18.7. The number of hydrogen-bond acceptors (Lipinski definition) is 8. The maximum absolute atomic E-state index is 13.5. The number of amides is 1. The van der Waals surface area contributed by atoms with Crippen LogP contribution in [0.3, 0.4) is 0 Å². The highest BCUT2D eigenvalue weighted by molar-refractivity contribution is 6.06. The lowest BCUT2D eigenvalue weighted by Crippen LogP contribution is -2.31. The number of aryl methyl sites for hydroxylation is 1. The van der Waals surface area contributed by atoms with Gasteiger partial charge in [-0.1, -0.05) is 12.1 Å². The molecular formula is C23H24N6O5. The molecule has 1 unspecified atom stereocenters. The van der Waals surface area contributed by atoms with Crippen molar-refractivity contribution in [2.24, 2.45) is 0 Å². The molecule has 3 aromatic rings. The van der Waals surface area contributed by atoms with Crippen LogP contribution >= 0.6 is 0 Å². The maximum atomic E-state index is 13.5. The van der Waals surface area contributed by atoms with Crippen molar-refractivity contribution in [3.8, 4) is 5.75 Å². The molecule has 0 radical (unpaired) electrons. The number of methoxy groups -OCH3 is 1. The second-order valence-electron chi connectivity index (χ2n) is 7.69. The molecule has 176 valence electrons. The summed E-state index contributed by atoms with van der Waals surface area (Å²) in [6.07, 6.45) is 0.964. The highest BCUT2D eigenvalue weighted by Gasteiger charge is 2.34. The van der Waals surface area contributed by atoms with Gasteiger partial charge in [0.25, 0.3) is 11.6 Å². The number of nitro benzene ring substituents is 1. The first-order valence-corrected chi connectivity index (χ1v) is 10.7. The summed E-state index contributed by atoms with van der Waals surface area (Å²) < 4.78 is 6.94. The molecule has 0 saturated carbocycles. The normalized spacial score (nSPS) is 14.9. The fraction of sp³-hybridized carbons (Fsp3) is 0.261. The summed E-state index contributed by atoms with van der Waals surface area (Å²) in [6, 6.07) is 12.4. The zero-order chi connectivity index (χ0) is 24.2. The van der Waals surface area contributed by atoms with E-state index in [-0.39, 0.29) is 18.2 Å². The molecule has 0 bridgehead atoms. The number of benzene rings is 2. The number of ether oxygens (including phenoxy) is 1. The van der Waals surface area contributed by atoms with Crippen molar-refractivity contribution in [1.29, 1.82) is 0 Å². The Morgan fingerprint density at radius 3 is 2.68 bits per heavy atom. The fourth-order valence-corrected chi connectivity index (χ4v) is 3.86. The largest absolute Gasteiger partial charge is 0.495 e. The molecule has 2 heterocycles. The summed E-state index contributed by atoms with van der Waals surface area (Å²) in [5, 5.41) is 30.9. The van der Waals surface area contributed by atoms with Crippen molar-refractivity contribution in [1.82, 2.24) is 14.8 Å². The molecule has 2 aromatic carbocycles. The Morgan fingerprint density at radius 1 is 1.26 bits per heavy atom. The third-order valence-corrected chi connectivity index (χ3v) is 5.47. The summed E-state index contributed by atoms with van der Waals surface area (Å²) in [7, 11) is 1.52. The van der Waals surface area contributed by atoms with Crippen LogP contribution in [0.1, 0.15) is 30.8 Å². The number of anilines is 2. The number of hydrogen-bond donors (Lipinski definition) is 3. The maximum Gasteiger partial charge on any atom is 0.269 e. The second kappa shape index (κ2) is 9.71. The summed E-state index contributed by atoms with van der Waals surface area (Å²) in [5.41, 5.74) is 2.04. The Balaban J connectivity index is 1.77. The van der Waals surface area contributed by atoms with Gasteiger partial charge >= 0.3 is 0 Å². The first-order chi connectivity index (χ1) is 16.4. The van der Waals surface area contributed by atoms with Gasteiger partial charge in [0.15, 0.2) is 5.82 Å². The smallest absolute Gasteiger partial charge is 0.269 e. The lowest BCUT2D eigenvalue weighted by atomic mass is 9.95. The monoisotopic (exact) mass is 464 g/mol. The number of fused-ring (bicyclic) bond motifs is 1. The Bertz CT molecular complexity index is 1250. The van der Waals surface area contributed by atoms with E-state index in [1.165, 1.54) is 19.2 Å². The van der Waals surface area contributed by atoms with Crippen LogP contribution in [0, 0.1) is 10.1 Å². The van der Waals surface area contributed by atoms with E-state index in [0.717, 1.165) is 0 Å². The molecule has 0 spiro atoms. The van der Waals surface area contributed by atoms with Gasteiger partial charge in [-0.25, -0.2) is 4.68 Å². The highest BCUT2D eigenvalue weighted by atomic mass is 16.6. The molecular weight excluding hydrogens is 440 g/mol. The molecule has 1 atom stereocenters. The number of aliphatic hydroxyl groups excluding tert-OH is 1. The zero-order valence-electron chi connectivity index (χ0n) is 18.7. The molecule has 0 aliphatic carbocycles. The first-order valence-electron chi connectivity index (χ1n) is 10.7. The topological polar surface area (TPSA) is 144 Å². The number of para-hydroxylation sites is 2. The van der Waals surface area contributed by atoms with Crippen LogP contribution in [0.2, 0.25) is 0 Å². The van der Waals surface area contributed by atoms with E-state index in [2.05, 4.69) is 20.7 Å². The fourth-order valence-electron chi connectivity index (χ4n) is 3.86. The van der Waals surface area contributed by atoms with Crippen molar-refractivity contribution in [3.05, 3.63) is 81.3 Å². The molecule has 0 fully saturated rings. The molecule has 1 aliphatic rings. The lowest BCUT2D eigenvalue weighted by Gasteiger charge is -2.28. The molecule has 11 heteroatoms. The van der Waals surface area contributed by atoms with E-state index < -0.39 is 11.0 Å². The summed E-state index contributed by atoms with van der Waals surface area (Å²) in [5.74, 6) is 1.10. The number of carbonyl (C=O) groups excluding carboxylic acids is 1. The van der Waals surface area contributed by atoms with Crippen LogP contribution in [0.5, 0.6) is 5.75 Å². The van der Waals surface area contributed by atoms with Gasteiger partial charge in [0.05, 0.1) is 23.3 Å². The van der Waals surface area contributed by atoms with E-state index in [1.807, 2.05) is 0 Å².